The van der Waals surface area contributed by atoms with E-state index in [0.717, 1.165) is 22.2 Å². The fourth-order valence-corrected chi connectivity index (χ4v) is 5.14. The number of nitrogens with zero attached hydrogens (tertiary/aromatic N) is 3. The molecule has 0 fully saturated rings. The molecule has 0 bridgehead atoms. The largest absolute Gasteiger partial charge is 0.487 e. The average molecular weight is 658 g/mol. The highest BCUT2D eigenvalue weighted by atomic mass is 35.5. The molecule has 234 valence electrons. The zero-order valence-corrected chi connectivity index (χ0v) is 26.5. The number of urea groups is 1. The van der Waals surface area contributed by atoms with Crippen LogP contribution in [0.15, 0.2) is 91.3 Å². The van der Waals surface area contributed by atoms with Gasteiger partial charge in [0.1, 0.15) is 17.9 Å². The maximum absolute atomic E-state index is 13.0. The van der Waals surface area contributed by atoms with Gasteiger partial charge in [0.15, 0.2) is 0 Å². The maximum Gasteiger partial charge on any atom is 0.319 e. The number of pyridine rings is 2. The van der Waals surface area contributed by atoms with Crippen LogP contribution in [0, 0.1) is 6.92 Å². The zero-order valence-electron chi connectivity index (χ0n) is 25.0. The summed E-state index contributed by atoms with van der Waals surface area (Å²) in [6.07, 6.45) is 3.32. The van der Waals surface area contributed by atoms with E-state index in [2.05, 4.69) is 25.9 Å². The molecule has 0 spiro atoms. The molecule has 5 aromatic rings. The van der Waals surface area contributed by atoms with Gasteiger partial charge in [-0.25, -0.2) is 9.78 Å². The molecular formula is C34H30Cl2N6O4. The van der Waals surface area contributed by atoms with Crippen LogP contribution < -0.4 is 25.6 Å². The van der Waals surface area contributed by atoms with Crippen molar-refractivity contribution in [3.8, 4) is 5.75 Å². The number of fused-ring (bicyclic) bond motifs is 1. The van der Waals surface area contributed by atoms with Crippen molar-refractivity contribution in [2.24, 2.45) is 0 Å². The number of rotatable bonds is 10. The third kappa shape index (κ3) is 7.90. The van der Waals surface area contributed by atoms with Crippen molar-refractivity contribution in [3.05, 3.63) is 124 Å². The second-order valence-electron chi connectivity index (χ2n) is 10.3. The van der Waals surface area contributed by atoms with Crippen molar-refractivity contribution < 1.29 is 19.1 Å². The smallest absolute Gasteiger partial charge is 0.319 e. The maximum atomic E-state index is 13.0. The van der Waals surface area contributed by atoms with E-state index in [1.165, 1.54) is 4.90 Å². The van der Waals surface area contributed by atoms with Gasteiger partial charge in [-0.05, 0) is 73.2 Å². The zero-order chi connectivity index (χ0) is 32.6. The molecule has 4 amide bonds. The lowest BCUT2D eigenvalue weighted by molar-refractivity contribution is -0.117. The number of hydrogen-bond acceptors (Lipinski definition) is 6. The topological polar surface area (TPSA) is 126 Å². The number of carbonyl (C=O) groups is 3. The Bertz CT molecular complexity index is 1890. The molecule has 0 radical (unpaired) electrons. The molecular weight excluding hydrogens is 627 g/mol. The first-order valence-corrected chi connectivity index (χ1v) is 15.0. The molecule has 2 heterocycles. The van der Waals surface area contributed by atoms with E-state index in [4.69, 9.17) is 27.9 Å². The first-order chi connectivity index (χ1) is 22.2. The fraction of sp³-hybridized carbons (Fsp3) is 0.147. The molecule has 12 heteroatoms. The molecule has 10 nitrogen and oxygen atoms in total. The van der Waals surface area contributed by atoms with Crippen molar-refractivity contribution >= 4 is 63.3 Å². The summed E-state index contributed by atoms with van der Waals surface area (Å²) < 4.78 is 6.08. The molecule has 0 atom stereocenters. The number of anilines is 2. The van der Waals surface area contributed by atoms with Crippen LogP contribution in [0.2, 0.25) is 10.0 Å². The van der Waals surface area contributed by atoms with Gasteiger partial charge >= 0.3 is 6.03 Å². The fourth-order valence-electron chi connectivity index (χ4n) is 4.53. The quantitative estimate of drug-likeness (QED) is 0.157. The summed E-state index contributed by atoms with van der Waals surface area (Å²) in [5, 5.41) is 9.60. The molecule has 3 aromatic carbocycles. The van der Waals surface area contributed by atoms with E-state index in [9.17, 15) is 14.4 Å². The van der Waals surface area contributed by atoms with Crippen LogP contribution in [0.5, 0.6) is 5.75 Å². The first-order valence-electron chi connectivity index (χ1n) is 14.2. The standard InChI is InChI=1S/C34H30Cl2N6O4/c1-21-6-7-23-4-3-5-29(32(23)40-21)46-20-26-27(35)12-13-28(31(26)36)42(2)30(43)19-39-34(45)41-25-10-8-24(9-11-25)33(44)38-18-22-14-16-37-17-15-22/h3-17H,18-20H2,1-2H3,(H,38,44)(H2,39,41,45). The number of amides is 4. The van der Waals surface area contributed by atoms with Gasteiger partial charge in [-0.15, -0.1) is 0 Å². The second-order valence-corrected chi connectivity index (χ2v) is 11.1. The predicted octanol–water partition coefficient (Wildman–Crippen LogP) is 6.54. The van der Waals surface area contributed by atoms with Crippen molar-refractivity contribution in [2.75, 3.05) is 23.8 Å². The van der Waals surface area contributed by atoms with Crippen LogP contribution >= 0.6 is 23.2 Å². The minimum absolute atomic E-state index is 0.0497. The molecule has 0 aliphatic rings. The SMILES string of the molecule is Cc1ccc2cccc(OCc3c(Cl)ccc(N(C)C(=O)CNC(=O)Nc4ccc(C(=O)NCc5ccncc5)cc4)c3Cl)c2n1. The summed E-state index contributed by atoms with van der Waals surface area (Å²) in [6, 6.07) is 22.3. The van der Waals surface area contributed by atoms with Crippen molar-refractivity contribution in [3.63, 3.8) is 0 Å². The normalized spacial score (nSPS) is 10.7. The van der Waals surface area contributed by atoms with Gasteiger partial charge in [0, 0.05) is 58.9 Å². The lowest BCUT2D eigenvalue weighted by Gasteiger charge is -2.21. The van der Waals surface area contributed by atoms with Gasteiger partial charge in [-0.2, -0.15) is 0 Å². The molecule has 0 aliphatic carbocycles. The van der Waals surface area contributed by atoms with E-state index in [-0.39, 0.29) is 24.1 Å². The van der Waals surface area contributed by atoms with Gasteiger partial charge in [0.25, 0.3) is 5.91 Å². The summed E-state index contributed by atoms with van der Waals surface area (Å²) in [5.74, 6) is -0.0869. The van der Waals surface area contributed by atoms with Crippen molar-refractivity contribution in [1.82, 2.24) is 20.6 Å². The highest BCUT2D eigenvalue weighted by molar-refractivity contribution is 6.38. The van der Waals surface area contributed by atoms with E-state index in [1.807, 2.05) is 49.4 Å². The third-order valence-electron chi connectivity index (χ3n) is 7.10. The van der Waals surface area contributed by atoms with Crippen LogP contribution in [0.25, 0.3) is 10.9 Å². The molecule has 0 saturated heterocycles. The number of halogens is 2. The van der Waals surface area contributed by atoms with Crippen LogP contribution in [-0.2, 0) is 17.9 Å². The monoisotopic (exact) mass is 656 g/mol. The number of nitrogens with one attached hydrogen (secondary N) is 3. The molecule has 46 heavy (non-hydrogen) atoms. The molecule has 0 aliphatic heterocycles. The summed E-state index contributed by atoms with van der Waals surface area (Å²) in [4.78, 5) is 47.8. The number of carbonyl (C=O) groups excluding carboxylic acids is 3. The van der Waals surface area contributed by atoms with Crippen molar-refractivity contribution in [2.45, 2.75) is 20.1 Å². The van der Waals surface area contributed by atoms with Crippen molar-refractivity contribution in [1.29, 1.82) is 0 Å². The third-order valence-corrected chi connectivity index (χ3v) is 7.88. The van der Waals surface area contributed by atoms with Crippen LogP contribution in [0.1, 0.15) is 27.2 Å². The summed E-state index contributed by atoms with van der Waals surface area (Å²) in [6.45, 7) is 2.02. The molecule has 2 aromatic heterocycles. The number of hydrogen-bond donors (Lipinski definition) is 3. The number of likely N-dealkylation sites (N-methyl/N-ethyl adjacent to an activating group) is 1. The highest BCUT2D eigenvalue weighted by Gasteiger charge is 2.20. The Hall–Kier alpha value is -5.19. The Kier molecular flexibility index (Phi) is 10.3. The lowest BCUT2D eigenvalue weighted by Crippen LogP contribution is -2.40. The first kappa shape index (κ1) is 32.2. The molecule has 0 saturated carbocycles. The average Bonchev–Trinajstić information content (AvgIpc) is 3.06. The Morgan fingerprint density at radius 1 is 0.891 bits per heavy atom. The van der Waals surface area contributed by atoms with Gasteiger partial charge in [-0.3, -0.25) is 14.6 Å². The number of para-hydroxylation sites is 1. The summed E-state index contributed by atoms with van der Waals surface area (Å²) in [5.41, 5.74) is 4.31. The van der Waals surface area contributed by atoms with E-state index in [1.54, 1.807) is 55.8 Å². The predicted molar refractivity (Wildman–Crippen MR) is 180 cm³/mol. The van der Waals surface area contributed by atoms with Gasteiger partial charge in [-0.1, -0.05) is 41.4 Å². The van der Waals surface area contributed by atoms with Crippen LogP contribution in [0.3, 0.4) is 0 Å². The number of benzene rings is 3. The number of ether oxygens (including phenoxy) is 1. The minimum atomic E-state index is -0.591. The number of aryl methyl sites for hydroxylation is 1. The van der Waals surface area contributed by atoms with Gasteiger partial charge < -0.3 is 25.6 Å². The summed E-state index contributed by atoms with van der Waals surface area (Å²) >= 11 is 13.2. The van der Waals surface area contributed by atoms with E-state index >= 15 is 0 Å². The van der Waals surface area contributed by atoms with Crippen LogP contribution in [-0.4, -0.2) is 41.4 Å². The lowest BCUT2D eigenvalue weighted by atomic mass is 10.1. The van der Waals surface area contributed by atoms with Gasteiger partial charge in [0.2, 0.25) is 5.91 Å². The Morgan fingerprint density at radius 3 is 2.41 bits per heavy atom. The number of aromatic nitrogens is 2. The molecule has 0 unspecified atom stereocenters. The minimum Gasteiger partial charge on any atom is -0.487 e. The van der Waals surface area contributed by atoms with Gasteiger partial charge in [0.05, 0.1) is 17.3 Å². The Balaban J connectivity index is 1.15. The molecule has 3 N–H and O–H groups in total. The molecule has 5 rings (SSSR count). The van der Waals surface area contributed by atoms with E-state index in [0.29, 0.717) is 39.8 Å². The Labute approximate surface area is 275 Å². The highest BCUT2D eigenvalue weighted by Crippen LogP contribution is 2.35. The summed E-state index contributed by atoms with van der Waals surface area (Å²) in [7, 11) is 1.55. The van der Waals surface area contributed by atoms with E-state index < -0.39 is 11.9 Å². The Morgan fingerprint density at radius 2 is 1.65 bits per heavy atom. The van der Waals surface area contributed by atoms with Crippen LogP contribution in [0.4, 0.5) is 16.2 Å². The second kappa shape index (κ2) is 14.7.